The van der Waals surface area contributed by atoms with Crippen molar-refractivity contribution in [3.8, 4) is 0 Å². The third-order valence-corrected chi connectivity index (χ3v) is 12.0. The number of hydrogen-bond donors (Lipinski definition) is 2. The molecular formula is C39H44ClN2O10S2-. The number of rotatable bonds is 16. The molecule has 2 aliphatic heterocycles. The maximum atomic E-state index is 11.8. The molecule has 0 saturated carbocycles. The van der Waals surface area contributed by atoms with Gasteiger partial charge in [-0.15, -0.1) is 0 Å². The van der Waals surface area contributed by atoms with Gasteiger partial charge in [0.15, 0.2) is 5.71 Å². The first-order valence-corrected chi connectivity index (χ1v) is 20.6. The van der Waals surface area contributed by atoms with E-state index in [0.29, 0.717) is 50.2 Å². The fraction of sp³-hybridized carbons (Fsp3) is 0.410. The van der Waals surface area contributed by atoms with Crippen molar-refractivity contribution in [2.24, 2.45) is 0 Å². The summed E-state index contributed by atoms with van der Waals surface area (Å²) in [6, 6.07) is 10.1. The van der Waals surface area contributed by atoms with Crippen molar-refractivity contribution in [2.75, 3.05) is 30.3 Å². The van der Waals surface area contributed by atoms with E-state index in [1.165, 1.54) is 0 Å². The van der Waals surface area contributed by atoms with Crippen molar-refractivity contribution < 1.29 is 50.3 Å². The molecular weight excluding hydrogens is 756 g/mol. The fourth-order valence-electron chi connectivity index (χ4n) is 7.51. The first-order valence-electron chi connectivity index (χ1n) is 17.7. The van der Waals surface area contributed by atoms with E-state index < -0.39 is 50.0 Å². The molecule has 0 fully saturated rings. The van der Waals surface area contributed by atoms with Crippen LogP contribution in [0.1, 0.15) is 98.1 Å². The predicted molar refractivity (Wildman–Crippen MR) is 205 cm³/mol. The highest BCUT2D eigenvalue weighted by Crippen LogP contribution is 2.49. The summed E-state index contributed by atoms with van der Waals surface area (Å²) >= 11 is 4.44. The lowest BCUT2D eigenvalue weighted by molar-refractivity contribution is -0.438. The summed E-state index contributed by atoms with van der Waals surface area (Å²) < 4.78 is 62.1. The molecule has 0 spiro atoms. The lowest BCUT2D eigenvalue weighted by Crippen LogP contribution is -2.28. The zero-order valence-electron chi connectivity index (χ0n) is 30.6. The predicted octanol–water partition coefficient (Wildman–Crippen LogP) is 6.83. The summed E-state index contributed by atoms with van der Waals surface area (Å²) in [6.45, 7) is 9.13. The molecule has 54 heavy (non-hydrogen) atoms. The van der Waals surface area contributed by atoms with Crippen LogP contribution in [-0.2, 0) is 36.5 Å². The van der Waals surface area contributed by atoms with Gasteiger partial charge < -0.3 is 28.4 Å². The molecule has 1 aliphatic carbocycles. The van der Waals surface area contributed by atoms with Crippen LogP contribution in [-0.4, -0.2) is 79.6 Å². The third-order valence-electron chi connectivity index (χ3n) is 10.4. The van der Waals surface area contributed by atoms with E-state index in [9.17, 15) is 41.5 Å². The van der Waals surface area contributed by atoms with Crippen LogP contribution in [0.15, 0.2) is 82.6 Å². The smallest absolute Gasteiger partial charge is 0.335 e. The van der Waals surface area contributed by atoms with E-state index in [4.69, 9.17) is 11.6 Å². The summed E-state index contributed by atoms with van der Waals surface area (Å²) in [6.07, 6.45) is 11.1. The van der Waals surface area contributed by atoms with E-state index in [1.54, 1.807) is 36.4 Å². The standard InChI is InChI=1S/C39H45ClN2O10S2/c1-38(2)29-23-27(36(43)44)11-15-31(29)41(19-5-7-21-52-53(47)48)33(38)17-13-25-9-10-26(35(25)40)14-18-34-39(3,4)30-24-28(37(45)46)12-16-32(30)42(34)20-6-8-22-54(49,50)51/h11-18,23-24H,5-10,19-22H2,1-4H3,(H3-,43,44,45,46,47,48,49,50,51)/p-1. The average Bonchev–Trinajstić information content (AvgIpc) is 3.62. The lowest BCUT2D eigenvalue weighted by Gasteiger charge is -2.27. The Morgan fingerprint density at radius 3 is 2.26 bits per heavy atom. The van der Waals surface area contributed by atoms with Crippen LogP contribution in [0.4, 0.5) is 11.4 Å². The normalized spacial score (nSPS) is 19.7. The number of fused-ring (bicyclic) bond motifs is 2. The molecule has 0 aromatic heterocycles. The second-order valence-electron chi connectivity index (χ2n) is 14.6. The monoisotopic (exact) mass is 799 g/mol. The van der Waals surface area contributed by atoms with Gasteiger partial charge in [-0.2, -0.15) is 4.58 Å². The Balaban J connectivity index is 1.45. The maximum absolute atomic E-state index is 11.8. The van der Waals surface area contributed by atoms with Crippen molar-refractivity contribution in [1.82, 2.24) is 0 Å². The molecule has 0 radical (unpaired) electrons. The topological polar surface area (TPSA) is 187 Å². The van der Waals surface area contributed by atoms with Gasteiger partial charge in [-0.3, -0.25) is 0 Å². The van der Waals surface area contributed by atoms with Crippen molar-refractivity contribution in [3.63, 3.8) is 0 Å². The number of nitrogens with zero attached hydrogens (tertiary/aromatic N) is 2. The van der Waals surface area contributed by atoms with Gasteiger partial charge in [0.25, 0.3) is 0 Å². The molecule has 0 amide bonds. The molecule has 12 nitrogen and oxygen atoms in total. The summed E-state index contributed by atoms with van der Waals surface area (Å²) in [5.74, 6) is -2.51. The highest BCUT2D eigenvalue weighted by atomic mass is 35.5. The van der Waals surface area contributed by atoms with Crippen LogP contribution in [0.5, 0.6) is 0 Å². The summed E-state index contributed by atoms with van der Waals surface area (Å²) in [5, 5.41) is 20.0. The minimum absolute atomic E-state index is 0.0627. The molecule has 2 aromatic carbocycles. The van der Waals surface area contributed by atoms with E-state index in [2.05, 4.69) is 13.7 Å². The first-order chi connectivity index (χ1) is 25.3. The Labute approximate surface area is 323 Å². The third kappa shape index (κ3) is 8.96. The van der Waals surface area contributed by atoms with Gasteiger partial charge in [-0.1, -0.05) is 37.6 Å². The molecule has 2 N–H and O–H groups in total. The summed E-state index contributed by atoms with van der Waals surface area (Å²) in [5.41, 5.74) is 6.26. The van der Waals surface area contributed by atoms with Crippen LogP contribution in [0, 0.1) is 0 Å². The van der Waals surface area contributed by atoms with Gasteiger partial charge in [-0.25, -0.2) is 22.2 Å². The van der Waals surface area contributed by atoms with Crippen LogP contribution in [0.25, 0.3) is 0 Å². The number of hydrogen-bond acceptors (Lipinski definition) is 9. The van der Waals surface area contributed by atoms with Crippen LogP contribution >= 0.6 is 11.6 Å². The zero-order valence-corrected chi connectivity index (χ0v) is 33.0. The number of carboxylic acids is 2. The summed E-state index contributed by atoms with van der Waals surface area (Å²) in [7, 11) is -4.34. The molecule has 5 rings (SSSR count). The Kier molecular flexibility index (Phi) is 12.6. The first kappa shape index (κ1) is 41.2. The molecule has 15 heteroatoms. The van der Waals surface area contributed by atoms with Crippen molar-refractivity contribution in [1.29, 1.82) is 0 Å². The molecule has 2 heterocycles. The van der Waals surface area contributed by atoms with Crippen molar-refractivity contribution in [2.45, 2.75) is 77.0 Å². The van der Waals surface area contributed by atoms with Crippen molar-refractivity contribution >= 4 is 62.1 Å². The molecule has 0 saturated heterocycles. The van der Waals surface area contributed by atoms with Crippen LogP contribution in [0.2, 0.25) is 0 Å². The van der Waals surface area contributed by atoms with Gasteiger partial charge in [0.2, 0.25) is 5.69 Å². The molecule has 3 aliphatic rings. The second-order valence-corrected chi connectivity index (χ2v) is 17.2. The fourth-order valence-corrected chi connectivity index (χ4v) is 8.64. The minimum Gasteiger partial charge on any atom is -0.750 e. The Morgan fingerprint density at radius 1 is 0.944 bits per heavy atom. The zero-order chi connectivity index (χ0) is 39.6. The number of unbranched alkanes of at least 4 members (excludes halogenated alkanes) is 2. The number of carbonyl (C=O) groups is 2. The number of benzene rings is 2. The summed E-state index contributed by atoms with van der Waals surface area (Å²) in [4.78, 5) is 25.7. The number of halogens is 1. The van der Waals surface area contributed by atoms with Gasteiger partial charge >= 0.3 is 11.9 Å². The number of aromatic carboxylic acids is 2. The number of carboxylic acid groups (broad SMARTS) is 2. The van der Waals surface area contributed by atoms with E-state index in [0.717, 1.165) is 45.1 Å². The highest BCUT2D eigenvalue weighted by molar-refractivity contribution is 7.85. The van der Waals surface area contributed by atoms with Gasteiger partial charge in [-0.05, 0) is 99.1 Å². The van der Waals surface area contributed by atoms with E-state index in [-0.39, 0.29) is 24.2 Å². The van der Waals surface area contributed by atoms with Crippen LogP contribution in [0.3, 0.4) is 0 Å². The Bertz CT molecular complexity index is 2150. The number of anilines is 1. The molecule has 2 aromatic rings. The second kappa shape index (κ2) is 16.4. The van der Waals surface area contributed by atoms with E-state index >= 15 is 0 Å². The van der Waals surface area contributed by atoms with Gasteiger partial charge in [0.05, 0.1) is 44.6 Å². The number of allylic oxidation sites excluding steroid dienone is 8. The highest BCUT2D eigenvalue weighted by Gasteiger charge is 2.45. The minimum atomic E-state index is -4.34. The van der Waals surface area contributed by atoms with Crippen LogP contribution < -0.4 is 4.90 Å². The molecule has 0 bridgehead atoms. The van der Waals surface area contributed by atoms with E-state index in [1.807, 2.05) is 52.0 Å². The molecule has 1 atom stereocenters. The maximum Gasteiger partial charge on any atom is 0.335 e. The lowest BCUT2D eigenvalue weighted by atomic mass is 9.80. The quantitative estimate of drug-likeness (QED) is 0.0785. The van der Waals surface area contributed by atoms with Gasteiger partial charge in [0.1, 0.15) is 6.54 Å². The molecule has 1 unspecified atom stereocenters. The molecule has 290 valence electrons. The Morgan fingerprint density at radius 2 is 1.61 bits per heavy atom. The largest absolute Gasteiger partial charge is 0.750 e. The Hall–Kier alpha value is -3.92. The van der Waals surface area contributed by atoms with Crippen molar-refractivity contribution in [3.05, 3.63) is 105 Å². The SMILES string of the molecule is CC1(C)C(/C=C/C2=C(Cl)C(=C/C=C3/N(CCCCS(=O)(=O)[O-])c4ccc(C(=O)O)cc4C3(C)C)/CC2)=[N+](CCCCOS(=O)[O-])c2ccc(C(=O)O)cc21. The van der Waals surface area contributed by atoms with Gasteiger partial charge in [0, 0.05) is 58.3 Å². The average molecular weight is 800 g/mol.